The monoisotopic (exact) mass is 399 g/mol. The van der Waals surface area contributed by atoms with Gasteiger partial charge in [-0.2, -0.15) is 0 Å². The van der Waals surface area contributed by atoms with E-state index in [1.807, 2.05) is 0 Å². The Bertz CT molecular complexity index is 834. The molecule has 0 atom stereocenters. The Labute approximate surface area is 169 Å². The number of unbranched alkanes of at least 4 members (excludes halogenated alkanes) is 1. The number of amides is 1. The predicted molar refractivity (Wildman–Crippen MR) is 108 cm³/mol. The molecule has 7 heteroatoms. The van der Waals surface area contributed by atoms with Crippen LogP contribution in [0.2, 0.25) is 0 Å². The van der Waals surface area contributed by atoms with Crippen LogP contribution >= 0.6 is 0 Å². The second-order valence-electron chi connectivity index (χ2n) is 6.56. The molecule has 0 radical (unpaired) electrons. The first kappa shape index (κ1) is 20.5. The lowest BCUT2D eigenvalue weighted by Gasteiger charge is -2.11. The molecule has 1 aliphatic heterocycles. The summed E-state index contributed by atoms with van der Waals surface area (Å²) in [6.45, 7) is 3.50. The lowest BCUT2D eigenvalue weighted by atomic mass is 10.2. The Hall–Kier alpha value is -3.22. The number of carbonyl (C=O) groups is 2. The summed E-state index contributed by atoms with van der Waals surface area (Å²) in [6.07, 6.45) is 2.83. The van der Waals surface area contributed by atoms with Crippen molar-refractivity contribution in [3.63, 3.8) is 0 Å². The molecule has 0 spiro atoms. The van der Waals surface area contributed by atoms with Crippen molar-refractivity contribution in [1.29, 1.82) is 0 Å². The molecule has 0 unspecified atom stereocenters. The summed E-state index contributed by atoms with van der Waals surface area (Å²) in [5.41, 5.74) is 0.903. The normalized spacial score (nSPS) is 12.6. The number of nitrogens with one attached hydrogen (secondary N) is 1. The fraction of sp³-hybridized carbons (Fsp3) is 0.364. The van der Waals surface area contributed by atoms with E-state index in [2.05, 4.69) is 12.2 Å². The van der Waals surface area contributed by atoms with Crippen LogP contribution in [0.5, 0.6) is 17.2 Å². The fourth-order valence-electron chi connectivity index (χ4n) is 2.67. The highest BCUT2D eigenvalue weighted by Gasteiger charge is 2.14. The van der Waals surface area contributed by atoms with E-state index in [4.69, 9.17) is 18.9 Å². The third kappa shape index (κ3) is 6.14. The van der Waals surface area contributed by atoms with Gasteiger partial charge in [0.2, 0.25) is 0 Å². The first-order valence-corrected chi connectivity index (χ1v) is 9.75. The lowest BCUT2D eigenvalue weighted by molar-refractivity contribution is -0.119. The Morgan fingerprint density at radius 3 is 2.55 bits per heavy atom. The maximum Gasteiger partial charge on any atom is 0.338 e. The van der Waals surface area contributed by atoms with E-state index in [1.165, 1.54) is 0 Å². The molecule has 3 rings (SSSR count). The molecule has 1 heterocycles. The molecule has 1 amide bonds. The molecule has 2 aromatic carbocycles. The summed E-state index contributed by atoms with van der Waals surface area (Å²) < 4.78 is 21.8. The van der Waals surface area contributed by atoms with Crippen LogP contribution in [0.3, 0.4) is 0 Å². The summed E-state index contributed by atoms with van der Waals surface area (Å²) in [5, 5.41) is 2.69. The van der Waals surface area contributed by atoms with Crippen LogP contribution in [0.1, 0.15) is 36.5 Å². The van der Waals surface area contributed by atoms with E-state index < -0.39 is 11.9 Å². The number of esters is 1. The number of carbonyl (C=O) groups excluding carboxylic acids is 2. The number of hydrogen-bond donors (Lipinski definition) is 1. The van der Waals surface area contributed by atoms with Crippen molar-refractivity contribution in [2.75, 3.05) is 31.7 Å². The number of ether oxygens (including phenoxy) is 4. The number of hydrogen-bond acceptors (Lipinski definition) is 6. The molecule has 2 aromatic rings. The zero-order valence-electron chi connectivity index (χ0n) is 16.4. The van der Waals surface area contributed by atoms with Gasteiger partial charge in [-0.25, -0.2) is 4.79 Å². The third-order valence-corrected chi connectivity index (χ3v) is 4.22. The summed E-state index contributed by atoms with van der Waals surface area (Å²) in [7, 11) is 0. The molecule has 0 aromatic heterocycles. The second-order valence-corrected chi connectivity index (χ2v) is 6.56. The Morgan fingerprint density at radius 2 is 1.79 bits per heavy atom. The quantitative estimate of drug-likeness (QED) is 0.537. The molecule has 0 aliphatic carbocycles. The minimum absolute atomic E-state index is 0.358. The Kier molecular flexibility index (Phi) is 7.33. The molecular weight excluding hydrogens is 374 g/mol. The highest BCUT2D eigenvalue weighted by atomic mass is 16.5. The summed E-state index contributed by atoms with van der Waals surface area (Å²) in [5.74, 6) is 0.918. The number of rotatable bonds is 8. The average Bonchev–Trinajstić information content (AvgIpc) is 2.98. The molecule has 0 saturated carbocycles. The van der Waals surface area contributed by atoms with Gasteiger partial charge < -0.3 is 24.3 Å². The van der Waals surface area contributed by atoms with Crippen molar-refractivity contribution in [3.8, 4) is 17.2 Å². The van der Waals surface area contributed by atoms with Gasteiger partial charge in [0.05, 0.1) is 25.4 Å². The minimum Gasteiger partial charge on any atom is -0.494 e. The lowest BCUT2D eigenvalue weighted by Crippen LogP contribution is -2.21. The van der Waals surface area contributed by atoms with E-state index in [0.29, 0.717) is 48.3 Å². The van der Waals surface area contributed by atoms with Crippen LogP contribution in [0.15, 0.2) is 42.5 Å². The first-order chi connectivity index (χ1) is 14.2. The Balaban J connectivity index is 1.47. The first-order valence-electron chi connectivity index (χ1n) is 9.75. The van der Waals surface area contributed by atoms with Gasteiger partial charge in [0.15, 0.2) is 18.1 Å². The number of benzene rings is 2. The Morgan fingerprint density at radius 1 is 1.03 bits per heavy atom. The zero-order valence-corrected chi connectivity index (χ0v) is 16.4. The number of anilines is 1. The van der Waals surface area contributed by atoms with E-state index >= 15 is 0 Å². The molecule has 29 heavy (non-hydrogen) atoms. The molecule has 1 aliphatic rings. The third-order valence-electron chi connectivity index (χ3n) is 4.22. The standard InChI is InChI=1S/C22H25NO6/c1-2-3-11-26-18-8-5-16(6-9-18)22(25)29-15-21(24)23-17-7-10-19-20(14-17)28-13-4-12-27-19/h5-10,14H,2-4,11-13,15H2,1H3,(H,23,24). The van der Waals surface area contributed by atoms with Gasteiger partial charge in [0, 0.05) is 18.2 Å². The van der Waals surface area contributed by atoms with Gasteiger partial charge in [-0.05, 0) is 42.8 Å². The predicted octanol–water partition coefficient (Wildman–Crippen LogP) is 3.82. The minimum atomic E-state index is -0.570. The highest BCUT2D eigenvalue weighted by molar-refractivity contribution is 5.95. The van der Waals surface area contributed by atoms with Gasteiger partial charge in [0.25, 0.3) is 5.91 Å². The van der Waals surface area contributed by atoms with Crippen LogP contribution < -0.4 is 19.5 Å². The van der Waals surface area contributed by atoms with Gasteiger partial charge in [-0.15, -0.1) is 0 Å². The highest BCUT2D eigenvalue weighted by Crippen LogP contribution is 2.32. The molecule has 1 N–H and O–H groups in total. The fourth-order valence-corrected chi connectivity index (χ4v) is 2.67. The largest absolute Gasteiger partial charge is 0.494 e. The van der Waals surface area contributed by atoms with E-state index in [9.17, 15) is 9.59 Å². The maximum absolute atomic E-state index is 12.1. The van der Waals surface area contributed by atoms with Crippen molar-refractivity contribution in [2.24, 2.45) is 0 Å². The van der Waals surface area contributed by atoms with Gasteiger partial charge in [-0.1, -0.05) is 13.3 Å². The molecule has 7 nitrogen and oxygen atoms in total. The van der Waals surface area contributed by atoms with Crippen LogP contribution in [-0.4, -0.2) is 38.3 Å². The van der Waals surface area contributed by atoms with Crippen LogP contribution in [0.4, 0.5) is 5.69 Å². The van der Waals surface area contributed by atoms with Crippen LogP contribution in [0, 0.1) is 0 Å². The SMILES string of the molecule is CCCCOc1ccc(C(=O)OCC(=O)Nc2ccc3c(c2)OCCCO3)cc1. The van der Waals surface area contributed by atoms with Crippen LogP contribution in [-0.2, 0) is 9.53 Å². The summed E-state index contributed by atoms with van der Waals surface area (Å²) in [6, 6.07) is 11.8. The molecule has 0 bridgehead atoms. The summed E-state index contributed by atoms with van der Waals surface area (Å²) >= 11 is 0. The molecule has 0 saturated heterocycles. The van der Waals surface area contributed by atoms with E-state index in [0.717, 1.165) is 19.3 Å². The molecule has 0 fully saturated rings. The molecule has 154 valence electrons. The molecular formula is C22H25NO6. The zero-order chi connectivity index (χ0) is 20.5. The smallest absolute Gasteiger partial charge is 0.338 e. The van der Waals surface area contributed by atoms with Crippen molar-refractivity contribution < 1.29 is 28.5 Å². The van der Waals surface area contributed by atoms with Crippen molar-refractivity contribution in [2.45, 2.75) is 26.2 Å². The van der Waals surface area contributed by atoms with Crippen LogP contribution in [0.25, 0.3) is 0 Å². The van der Waals surface area contributed by atoms with E-state index in [1.54, 1.807) is 42.5 Å². The van der Waals surface area contributed by atoms with Gasteiger partial charge in [0.1, 0.15) is 5.75 Å². The summed E-state index contributed by atoms with van der Waals surface area (Å²) in [4.78, 5) is 24.2. The van der Waals surface area contributed by atoms with Crippen molar-refractivity contribution >= 4 is 17.6 Å². The average molecular weight is 399 g/mol. The van der Waals surface area contributed by atoms with Gasteiger partial charge >= 0.3 is 5.97 Å². The van der Waals surface area contributed by atoms with Crippen molar-refractivity contribution in [3.05, 3.63) is 48.0 Å². The maximum atomic E-state index is 12.1. The number of fused-ring (bicyclic) bond motifs is 1. The topological polar surface area (TPSA) is 83.1 Å². The second kappa shape index (κ2) is 10.4. The van der Waals surface area contributed by atoms with Gasteiger partial charge in [-0.3, -0.25) is 4.79 Å². The van der Waals surface area contributed by atoms with Crippen molar-refractivity contribution in [1.82, 2.24) is 0 Å². The van der Waals surface area contributed by atoms with E-state index in [-0.39, 0.29) is 6.61 Å².